The summed E-state index contributed by atoms with van der Waals surface area (Å²) in [7, 11) is 0. The average Bonchev–Trinajstić information content (AvgIpc) is 2.34. The molecule has 3 nitrogen and oxygen atoms in total. The topological polar surface area (TPSA) is 29.5 Å². The second-order valence-corrected chi connectivity index (χ2v) is 4.89. The van der Waals surface area contributed by atoms with E-state index in [-0.39, 0.29) is 5.97 Å². The molecule has 19 heavy (non-hydrogen) atoms. The molecule has 0 spiro atoms. The van der Waals surface area contributed by atoms with Gasteiger partial charge in [0.05, 0.1) is 13.2 Å². The normalized spacial score (nSPS) is 10.8. The Hall–Kier alpha value is -1.35. The van der Waals surface area contributed by atoms with Crippen LogP contribution in [0, 0.1) is 13.8 Å². The summed E-state index contributed by atoms with van der Waals surface area (Å²) in [5.74, 6) is -0.137. The van der Waals surface area contributed by atoms with E-state index in [4.69, 9.17) is 4.74 Å². The molecule has 0 aliphatic rings. The first-order valence-corrected chi connectivity index (χ1v) is 7.01. The average molecular weight is 263 g/mol. The van der Waals surface area contributed by atoms with Crippen molar-refractivity contribution in [3.63, 3.8) is 0 Å². The minimum atomic E-state index is -0.137. The van der Waals surface area contributed by atoms with Crippen molar-refractivity contribution >= 4 is 5.97 Å². The molecule has 0 aromatic heterocycles. The lowest BCUT2D eigenvalue weighted by Crippen LogP contribution is -2.31. The fourth-order valence-corrected chi connectivity index (χ4v) is 2.24. The fraction of sp³-hybridized carbons (Fsp3) is 0.562. The van der Waals surface area contributed by atoms with Crippen molar-refractivity contribution in [1.82, 2.24) is 4.90 Å². The Morgan fingerprint density at radius 2 is 1.84 bits per heavy atom. The zero-order valence-electron chi connectivity index (χ0n) is 12.5. The second kappa shape index (κ2) is 7.95. The fourth-order valence-electron chi connectivity index (χ4n) is 2.24. The van der Waals surface area contributed by atoms with Crippen LogP contribution in [-0.4, -0.2) is 30.6 Å². The van der Waals surface area contributed by atoms with Gasteiger partial charge in [-0.2, -0.15) is 0 Å². The number of nitrogens with zero attached hydrogens (tertiary/aromatic N) is 1. The van der Waals surface area contributed by atoms with Gasteiger partial charge in [-0.1, -0.05) is 25.1 Å². The maximum Gasteiger partial charge on any atom is 0.320 e. The molecule has 0 fully saturated rings. The first-order chi connectivity index (χ1) is 9.08. The van der Waals surface area contributed by atoms with E-state index in [1.807, 2.05) is 6.92 Å². The van der Waals surface area contributed by atoms with Gasteiger partial charge in [0.2, 0.25) is 0 Å². The van der Waals surface area contributed by atoms with E-state index in [0.717, 1.165) is 19.5 Å². The van der Waals surface area contributed by atoms with Crippen molar-refractivity contribution in [3.05, 3.63) is 34.9 Å². The molecule has 0 unspecified atom stereocenters. The Morgan fingerprint density at radius 3 is 2.37 bits per heavy atom. The molecule has 0 saturated carbocycles. The third-order valence-corrected chi connectivity index (χ3v) is 3.22. The molecular weight excluding hydrogens is 238 g/mol. The van der Waals surface area contributed by atoms with Gasteiger partial charge in [-0.05, 0) is 50.4 Å². The molecule has 0 saturated heterocycles. The highest BCUT2D eigenvalue weighted by Crippen LogP contribution is 2.16. The molecule has 0 heterocycles. The largest absolute Gasteiger partial charge is 0.465 e. The summed E-state index contributed by atoms with van der Waals surface area (Å²) in [4.78, 5) is 13.8. The Labute approximate surface area is 116 Å². The van der Waals surface area contributed by atoms with E-state index in [1.165, 1.54) is 16.7 Å². The summed E-state index contributed by atoms with van der Waals surface area (Å²) in [6.45, 7) is 10.7. The third-order valence-electron chi connectivity index (χ3n) is 3.22. The van der Waals surface area contributed by atoms with E-state index >= 15 is 0 Å². The number of esters is 1. The smallest absolute Gasteiger partial charge is 0.320 e. The molecule has 0 amide bonds. The zero-order chi connectivity index (χ0) is 14.3. The minimum Gasteiger partial charge on any atom is -0.465 e. The van der Waals surface area contributed by atoms with Crippen LogP contribution in [0.5, 0.6) is 0 Å². The molecule has 0 aliphatic heterocycles. The van der Waals surface area contributed by atoms with Gasteiger partial charge < -0.3 is 4.74 Å². The molecule has 1 rings (SSSR count). The predicted octanol–water partition coefficient (Wildman–Crippen LogP) is 3.08. The maximum absolute atomic E-state index is 11.6. The summed E-state index contributed by atoms with van der Waals surface area (Å²) in [6.07, 6.45) is 1.03. The molecule has 0 aliphatic carbocycles. The van der Waals surface area contributed by atoms with E-state index in [0.29, 0.717) is 13.2 Å². The summed E-state index contributed by atoms with van der Waals surface area (Å²) in [6, 6.07) is 6.32. The molecule has 1 aromatic rings. The Morgan fingerprint density at radius 1 is 1.21 bits per heavy atom. The van der Waals surface area contributed by atoms with Crippen LogP contribution >= 0.6 is 0 Å². The molecule has 3 heteroatoms. The van der Waals surface area contributed by atoms with Crippen LogP contribution in [-0.2, 0) is 16.1 Å². The quantitative estimate of drug-likeness (QED) is 0.708. The van der Waals surface area contributed by atoms with Crippen LogP contribution in [0.25, 0.3) is 0 Å². The van der Waals surface area contributed by atoms with E-state index in [9.17, 15) is 4.79 Å². The van der Waals surface area contributed by atoms with Crippen LogP contribution in [0.3, 0.4) is 0 Å². The lowest BCUT2D eigenvalue weighted by molar-refractivity contribution is -0.144. The summed E-state index contributed by atoms with van der Waals surface area (Å²) < 4.78 is 5.04. The van der Waals surface area contributed by atoms with Crippen LogP contribution in [0.4, 0.5) is 0 Å². The van der Waals surface area contributed by atoms with Crippen molar-refractivity contribution in [2.45, 2.75) is 40.7 Å². The number of rotatable bonds is 7. The minimum absolute atomic E-state index is 0.137. The molecule has 0 N–H and O–H groups in total. The van der Waals surface area contributed by atoms with Crippen molar-refractivity contribution in [3.8, 4) is 0 Å². The van der Waals surface area contributed by atoms with Gasteiger partial charge in [-0.25, -0.2) is 0 Å². The number of aryl methyl sites for hydroxylation is 2. The van der Waals surface area contributed by atoms with Crippen LogP contribution in [0.15, 0.2) is 18.2 Å². The van der Waals surface area contributed by atoms with Crippen molar-refractivity contribution in [1.29, 1.82) is 0 Å². The number of carbonyl (C=O) groups excluding carboxylic acids is 1. The Bertz CT molecular complexity index is 395. The van der Waals surface area contributed by atoms with Gasteiger partial charge in [0.1, 0.15) is 0 Å². The lowest BCUT2D eigenvalue weighted by atomic mass is 10.0. The summed E-state index contributed by atoms with van der Waals surface area (Å²) in [5, 5.41) is 0. The number of hydrogen-bond donors (Lipinski definition) is 0. The summed E-state index contributed by atoms with van der Waals surface area (Å²) in [5.41, 5.74) is 3.88. The van der Waals surface area contributed by atoms with Gasteiger partial charge in [-0.15, -0.1) is 0 Å². The van der Waals surface area contributed by atoms with Gasteiger partial charge in [0, 0.05) is 6.54 Å². The van der Waals surface area contributed by atoms with E-state index in [1.54, 1.807) is 0 Å². The van der Waals surface area contributed by atoms with Crippen LogP contribution in [0.2, 0.25) is 0 Å². The summed E-state index contributed by atoms with van der Waals surface area (Å²) >= 11 is 0. The first-order valence-electron chi connectivity index (χ1n) is 7.01. The van der Waals surface area contributed by atoms with Gasteiger partial charge in [0.25, 0.3) is 0 Å². The third kappa shape index (κ3) is 5.03. The van der Waals surface area contributed by atoms with E-state index < -0.39 is 0 Å². The van der Waals surface area contributed by atoms with Crippen molar-refractivity contribution < 1.29 is 9.53 Å². The van der Waals surface area contributed by atoms with Gasteiger partial charge >= 0.3 is 5.97 Å². The van der Waals surface area contributed by atoms with Crippen LogP contribution < -0.4 is 0 Å². The standard InChI is InChI=1S/C16H25NO2/c1-5-10-17(12-16(18)19-6-2)11-15-13(3)8-7-9-14(15)4/h7-9H,5-6,10-12H2,1-4H3. The maximum atomic E-state index is 11.6. The number of ether oxygens (including phenoxy) is 1. The highest BCUT2D eigenvalue weighted by atomic mass is 16.5. The second-order valence-electron chi connectivity index (χ2n) is 4.89. The number of benzene rings is 1. The molecule has 0 atom stereocenters. The van der Waals surface area contributed by atoms with E-state index in [2.05, 4.69) is 43.9 Å². The van der Waals surface area contributed by atoms with Crippen LogP contribution in [0.1, 0.15) is 37.0 Å². The molecule has 106 valence electrons. The van der Waals surface area contributed by atoms with Gasteiger partial charge in [-0.3, -0.25) is 9.69 Å². The zero-order valence-corrected chi connectivity index (χ0v) is 12.5. The lowest BCUT2D eigenvalue weighted by Gasteiger charge is -2.22. The first kappa shape index (κ1) is 15.7. The SMILES string of the molecule is CCCN(CC(=O)OCC)Cc1c(C)cccc1C. The Kier molecular flexibility index (Phi) is 6.57. The van der Waals surface area contributed by atoms with Gasteiger partial charge in [0.15, 0.2) is 0 Å². The Balaban J connectivity index is 2.75. The monoisotopic (exact) mass is 263 g/mol. The molecule has 0 bridgehead atoms. The number of hydrogen-bond acceptors (Lipinski definition) is 3. The highest BCUT2D eigenvalue weighted by molar-refractivity contribution is 5.71. The number of carbonyl (C=O) groups is 1. The predicted molar refractivity (Wildman–Crippen MR) is 78.1 cm³/mol. The van der Waals surface area contributed by atoms with Crippen molar-refractivity contribution in [2.24, 2.45) is 0 Å². The molecule has 1 aromatic carbocycles. The highest BCUT2D eigenvalue weighted by Gasteiger charge is 2.13. The molecule has 0 radical (unpaired) electrons. The molecular formula is C16H25NO2. The van der Waals surface area contributed by atoms with Crippen molar-refractivity contribution in [2.75, 3.05) is 19.7 Å².